The predicted octanol–water partition coefficient (Wildman–Crippen LogP) is 3.49. The molecule has 1 aromatic rings. The zero-order valence-electron chi connectivity index (χ0n) is 14.1. The monoisotopic (exact) mass is 321 g/mol. The molecule has 0 spiro atoms. The highest BCUT2D eigenvalue weighted by atomic mass is 16.6. The standard InChI is InChI=1S/C17H23NO5/c1-15(2,3)23-14(22)18-10-6-7-11(12(19)8-10)17(13(20)21)9-16(17,4)5/h6-8,19H,9H2,1-5H3,(H,18,22)(H,20,21). The molecule has 6 heteroatoms. The molecule has 0 bridgehead atoms. The van der Waals surface area contributed by atoms with Gasteiger partial charge in [0.15, 0.2) is 0 Å². The summed E-state index contributed by atoms with van der Waals surface area (Å²) in [6, 6.07) is 4.46. The van der Waals surface area contributed by atoms with E-state index in [0.29, 0.717) is 17.7 Å². The van der Waals surface area contributed by atoms with Crippen LogP contribution >= 0.6 is 0 Å². The van der Waals surface area contributed by atoms with Crippen molar-refractivity contribution in [1.82, 2.24) is 0 Å². The normalized spacial score (nSPS) is 22.3. The molecule has 1 saturated carbocycles. The fourth-order valence-corrected chi connectivity index (χ4v) is 2.95. The van der Waals surface area contributed by atoms with E-state index in [-0.39, 0.29) is 5.75 Å². The third-order valence-corrected chi connectivity index (χ3v) is 4.21. The van der Waals surface area contributed by atoms with Gasteiger partial charge in [-0.25, -0.2) is 4.79 Å². The number of phenolic OH excluding ortho intramolecular Hbond substituents is 1. The SMILES string of the molecule is CC(C)(C)OC(=O)Nc1ccc(C2(C(=O)O)CC2(C)C)c(O)c1. The molecule has 3 N–H and O–H groups in total. The van der Waals surface area contributed by atoms with Crippen LogP contribution in [0.15, 0.2) is 18.2 Å². The molecule has 1 aliphatic carbocycles. The first-order chi connectivity index (χ1) is 10.4. The minimum absolute atomic E-state index is 0.147. The molecule has 1 amide bonds. The van der Waals surface area contributed by atoms with Crippen molar-refractivity contribution in [2.24, 2.45) is 5.41 Å². The molecular weight excluding hydrogens is 298 g/mol. The van der Waals surface area contributed by atoms with Crippen LogP contribution in [0.1, 0.15) is 46.6 Å². The summed E-state index contributed by atoms with van der Waals surface area (Å²) in [6.45, 7) is 8.96. The highest BCUT2D eigenvalue weighted by Crippen LogP contribution is 2.66. The van der Waals surface area contributed by atoms with E-state index in [1.807, 2.05) is 13.8 Å². The molecule has 6 nitrogen and oxygen atoms in total. The molecule has 0 aliphatic heterocycles. The third-order valence-electron chi connectivity index (χ3n) is 4.21. The van der Waals surface area contributed by atoms with Crippen LogP contribution in [-0.2, 0) is 14.9 Å². The molecule has 1 atom stereocenters. The number of hydrogen-bond donors (Lipinski definition) is 3. The number of carbonyl (C=O) groups excluding carboxylic acids is 1. The van der Waals surface area contributed by atoms with E-state index in [0.717, 1.165) is 0 Å². The van der Waals surface area contributed by atoms with Gasteiger partial charge in [0.05, 0.1) is 0 Å². The number of nitrogens with one attached hydrogen (secondary N) is 1. The quantitative estimate of drug-likeness (QED) is 0.792. The first kappa shape index (κ1) is 17.1. The average molecular weight is 321 g/mol. The number of carboxylic acid groups (broad SMARTS) is 1. The van der Waals surface area contributed by atoms with Crippen molar-refractivity contribution in [3.8, 4) is 5.75 Å². The first-order valence-corrected chi connectivity index (χ1v) is 7.46. The summed E-state index contributed by atoms with van der Waals surface area (Å²) in [7, 11) is 0. The number of aliphatic carboxylic acids is 1. The highest BCUT2D eigenvalue weighted by molar-refractivity contribution is 5.89. The number of benzene rings is 1. The Balaban J connectivity index is 2.23. The molecule has 0 heterocycles. The van der Waals surface area contributed by atoms with E-state index in [9.17, 15) is 19.8 Å². The maximum absolute atomic E-state index is 11.7. The highest BCUT2D eigenvalue weighted by Gasteiger charge is 2.68. The van der Waals surface area contributed by atoms with Crippen LogP contribution in [0.25, 0.3) is 0 Å². The Bertz CT molecular complexity index is 659. The summed E-state index contributed by atoms with van der Waals surface area (Å²) in [5.41, 5.74) is -1.42. The first-order valence-electron chi connectivity index (χ1n) is 7.46. The maximum atomic E-state index is 11.7. The van der Waals surface area contributed by atoms with E-state index in [1.165, 1.54) is 6.07 Å². The Kier molecular flexibility index (Phi) is 3.83. The van der Waals surface area contributed by atoms with Crippen molar-refractivity contribution < 1.29 is 24.5 Å². The Morgan fingerprint density at radius 2 is 1.83 bits per heavy atom. The van der Waals surface area contributed by atoms with Crippen LogP contribution in [0.4, 0.5) is 10.5 Å². The van der Waals surface area contributed by atoms with Gasteiger partial charge in [0.2, 0.25) is 0 Å². The number of ether oxygens (including phenoxy) is 1. The molecule has 0 saturated heterocycles. The lowest BCUT2D eigenvalue weighted by atomic mass is 9.87. The lowest BCUT2D eigenvalue weighted by molar-refractivity contribution is -0.141. The fourth-order valence-electron chi connectivity index (χ4n) is 2.95. The number of aromatic hydroxyl groups is 1. The molecule has 2 rings (SSSR count). The van der Waals surface area contributed by atoms with Crippen LogP contribution in [0.5, 0.6) is 5.75 Å². The molecule has 1 aromatic carbocycles. The fraction of sp³-hybridized carbons (Fsp3) is 0.529. The number of anilines is 1. The lowest BCUT2D eigenvalue weighted by Crippen LogP contribution is -2.27. The van der Waals surface area contributed by atoms with Crippen molar-refractivity contribution in [2.45, 2.75) is 52.1 Å². The van der Waals surface area contributed by atoms with Crippen LogP contribution in [0.3, 0.4) is 0 Å². The van der Waals surface area contributed by atoms with Gasteiger partial charge in [-0.2, -0.15) is 0 Å². The zero-order valence-corrected chi connectivity index (χ0v) is 14.1. The molecule has 1 fully saturated rings. The molecule has 126 valence electrons. The van der Waals surface area contributed by atoms with Gasteiger partial charge in [0, 0.05) is 17.3 Å². The number of rotatable bonds is 3. The Morgan fingerprint density at radius 1 is 1.26 bits per heavy atom. The van der Waals surface area contributed by atoms with Crippen molar-refractivity contribution in [3.63, 3.8) is 0 Å². The molecule has 0 radical (unpaired) electrons. The van der Waals surface area contributed by atoms with E-state index >= 15 is 0 Å². The van der Waals surface area contributed by atoms with Gasteiger partial charge in [-0.3, -0.25) is 10.1 Å². The van der Waals surface area contributed by atoms with Gasteiger partial charge >= 0.3 is 12.1 Å². The lowest BCUT2D eigenvalue weighted by Gasteiger charge is -2.21. The second-order valence-electron chi connectivity index (χ2n) is 7.63. The van der Waals surface area contributed by atoms with Crippen LogP contribution in [0.2, 0.25) is 0 Å². The summed E-state index contributed by atoms with van der Waals surface area (Å²) < 4.78 is 5.14. The van der Waals surface area contributed by atoms with E-state index in [2.05, 4.69) is 5.32 Å². The Hall–Kier alpha value is -2.24. The van der Waals surface area contributed by atoms with E-state index in [4.69, 9.17) is 4.74 Å². The van der Waals surface area contributed by atoms with Gasteiger partial charge in [0.25, 0.3) is 0 Å². The maximum Gasteiger partial charge on any atom is 0.412 e. The number of carboxylic acids is 1. The van der Waals surface area contributed by atoms with Crippen LogP contribution < -0.4 is 5.32 Å². The summed E-state index contributed by atoms with van der Waals surface area (Å²) in [4.78, 5) is 23.4. The van der Waals surface area contributed by atoms with Gasteiger partial charge < -0.3 is 14.9 Å². The summed E-state index contributed by atoms with van der Waals surface area (Å²) in [5, 5.41) is 22.3. The van der Waals surface area contributed by atoms with E-state index < -0.39 is 28.5 Å². The summed E-state index contributed by atoms with van der Waals surface area (Å²) >= 11 is 0. The molecule has 0 aromatic heterocycles. The molecular formula is C17H23NO5. The predicted molar refractivity (Wildman–Crippen MR) is 85.7 cm³/mol. The molecule has 23 heavy (non-hydrogen) atoms. The molecule has 1 unspecified atom stereocenters. The largest absolute Gasteiger partial charge is 0.508 e. The van der Waals surface area contributed by atoms with Crippen molar-refractivity contribution in [2.75, 3.05) is 5.32 Å². The Labute approximate surface area is 135 Å². The van der Waals surface area contributed by atoms with Gasteiger partial charge in [0.1, 0.15) is 16.8 Å². The number of phenols is 1. The van der Waals surface area contributed by atoms with Crippen molar-refractivity contribution in [3.05, 3.63) is 23.8 Å². The van der Waals surface area contributed by atoms with E-state index in [1.54, 1.807) is 32.9 Å². The van der Waals surface area contributed by atoms with Crippen LogP contribution in [-0.4, -0.2) is 27.9 Å². The number of amides is 1. The Morgan fingerprint density at radius 3 is 2.22 bits per heavy atom. The van der Waals surface area contributed by atoms with Gasteiger partial charge in [-0.1, -0.05) is 19.9 Å². The topological polar surface area (TPSA) is 95.9 Å². The van der Waals surface area contributed by atoms with Gasteiger partial charge in [-0.15, -0.1) is 0 Å². The minimum atomic E-state index is -1.08. The van der Waals surface area contributed by atoms with Crippen molar-refractivity contribution in [1.29, 1.82) is 0 Å². The second-order valence-corrected chi connectivity index (χ2v) is 7.63. The second kappa shape index (κ2) is 5.15. The third kappa shape index (κ3) is 3.11. The summed E-state index contributed by atoms with van der Waals surface area (Å²) in [6.07, 6.45) is -0.175. The van der Waals surface area contributed by atoms with Crippen molar-refractivity contribution >= 4 is 17.7 Å². The minimum Gasteiger partial charge on any atom is -0.508 e. The average Bonchev–Trinajstić information content (AvgIpc) is 2.91. The number of carbonyl (C=O) groups is 2. The summed E-state index contributed by atoms with van der Waals surface area (Å²) in [5.74, 6) is -1.10. The molecule has 1 aliphatic rings. The van der Waals surface area contributed by atoms with Gasteiger partial charge in [-0.05, 0) is 38.7 Å². The number of hydrogen-bond acceptors (Lipinski definition) is 4. The smallest absolute Gasteiger partial charge is 0.412 e. The van der Waals surface area contributed by atoms with Crippen LogP contribution in [0, 0.1) is 5.41 Å². The zero-order chi connectivity index (χ0) is 17.6.